The van der Waals surface area contributed by atoms with Crippen molar-refractivity contribution in [2.45, 2.75) is 19.6 Å². The van der Waals surface area contributed by atoms with Gasteiger partial charge in [0.2, 0.25) is 0 Å². The molecule has 3 rings (SSSR count). The number of carbonyl (C=O) groups is 1. The fourth-order valence-electron chi connectivity index (χ4n) is 2.60. The lowest BCUT2D eigenvalue weighted by Gasteiger charge is -2.12. The molecule has 6 nitrogen and oxygen atoms in total. The lowest BCUT2D eigenvalue weighted by atomic mass is 10.2. The van der Waals surface area contributed by atoms with Crippen molar-refractivity contribution in [2.24, 2.45) is 0 Å². The van der Waals surface area contributed by atoms with E-state index in [1.165, 1.54) is 0 Å². The van der Waals surface area contributed by atoms with Gasteiger partial charge in [-0.1, -0.05) is 36.4 Å². The summed E-state index contributed by atoms with van der Waals surface area (Å²) in [7, 11) is 0. The topological polar surface area (TPSA) is 75.9 Å². The van der Waals surface area contributed by atoms with E-state index in [9.17, 15) is 9.90 Å². The minimum Gasteiger partial charge on any atom is -0.389 e. The van der Waals surface area contributed by atoms with Gasteiger partial charge in [-0.05, 0) is 24.6 Å². The molecule has 0 bridgehead atoms. The number of benzene rings is 1. The Bertz CT molecular complexity index is 846. The zero-order valence-electron chi connectivity index (χ0n) is 14.1. The maximum atomic E-state index is 12.3. The molecule has 2 aromatic heterocycles. The highest BCUT2D eigenvalue weighted by Crippen LogP contribution is 2.12. The predicted octanol–water partition coefficient (Wildman–Crippen LogP) is 1.95. The molecule has 2 heterocycles. The summed E-state index contributed by atoms with van der Waals surface area (Å²) in [5.74, 6) is 0.436. The van der Waals surface area contributed by atoms with Gasteiger partial charge < -0.3 is 19.6 Å². The number of ether oxygens (including phenoxy) is 1. The molecule has 0 aliphatic rings. The normalized spacial score (nSPS) is 12.2. The Morgan fingerprint density at radius 2 is 2.00 bits per heavy atom. The van der Waals surface area contributed by atoms with Crippen LogP contribution in [0.3, 0.4) is 0 Å². The zero-order valence-corrected chi connectivity index (χ0v) is 14.1. The lowest BCUT2D eigenvalue weighted by molar-refractivity contribution is 0.0285. The molecule has 1 amide bonds. The maximum Gasteiger partial charge on any atom is 0.272 e. The van der Waals surface area contributed by atoms with Crippen LogP contribution in [0.4, 0.5) is 0 Å². The number of pyridine rings is 1. The predicted molar refractivity (Wildman–Crippen MR) is 94.4 cm³/mol. The number of nitrogens with zero attached hydrogens (tertiary/aromatic N) is 2. The molecular weight excluding hydrogens is 318 g/mol. The number of aliphatic hydroxyl groups is 1. The van der Waals surface area contributed by atoms with Crippen LogP contribution in [0.2, 0.25) is 0 Å². The Morgan fingerprint density at radius 3 is 2.80 bits per heavy atom. The first-order valence-corrected chi connectivity index (χ1v) is 8.17. The summed E-state index contributed by atoms with van der Waals surface area (Å²) in [5, 5.41) is 12.7. The number of aryl methyl sites for hydroxylation is 1. The molecule has 0 aliphatic carbocycles. The van der Waals surface area contributed by atoms with E-state index in [1.807, 2.05) is 66.1 Å². The lowest BCUT2D eigenvalue weighted by Crippen LogP contribution is -2.34. The summed E-state index contributed by atoms with van der Waals surface area (Å²) in [6.45, 7) is 2.53. The summed E-state index contributed by atoms with van der Waals surface area (Å²) < 4.78 is 7.33. The second-order valence-corrected chi connectivity index (χ2v) is 5.83. The van der Waals surface area contributed by atoms with Gasteiger partial charge in [0.05, 0.1) is 24.8 Å². The van der Waals surface area contributed by atoms with Crippen molar-refractivity contribution < 1.29 is 14.6 Å². The molecule has 0 radical (unpaired) electrons. The van der Waals surface area contributed by atoms with E-state index in [1.54, 1.807) is 0 Å². The van der Waals surface area contributed by atoms with Gasteiger partial charge in [-0.3, -0.25) is 4.79 Å². The Morgan fingerprint density at radius 1 is 1.24 bits per heavy atom. The molecule has 0 unspecified atom stereocenters. The van der Waals surface area contributed by atoms with E-state index >= 15 is 0 Å². The number of amides is 1. The summed E-state index contributed by atoms with van der Waals surface area (Å²) >= 11 is 0. The minimum absolute atomic E-state index is 0.110. The third-order valence-corrected chi connectivity index (χ3v) is 3.86. The summed E-state index contributed by atoms with van der Waals surface area (Å²) in [5.41, 5.74) is 2.14. The second-order valence-electron chi connectivity index (χ2n) is 5.83. The summed E-state index contributed by atoms with van der Waals surface area (Å²) in [4.78, 5) is 16.6. The van der Waals surface area contributed by atoms with Crippen molar-refractivity contribution in [3.63, 3.8) is 0 Å². The summed E-state index contributed by atoms with van der Waals surface area (Å²) in [6.07, 6.45) is 1.09. The number of rotatable bonds is 7. The van der Waals surface area contributed by atoms with E-state index < -0.39 is 6.10 Å². The van der Waals surface area contributed by atoms with Crippen LogP contribution in [-0.2, 0) is 11.3 Å². The molecule has 130 valence electrons. The average Bonchev–Trinajstić information content (AvgIpc) is 2.98. The molecule has 0 spiro atoms. The zero-order chi connectivity index (χ0) is 17.6. The molecule has 0 fully saturated rings. The maximum absolute atomic E-state index is 12.3. The molecule has 6 heteroatoms. The van der Waals surface area contributed by atoms with E-state index in [4.69, 9.17) is 4.74 Å². The number of hydrogen-bond acceptors (Lipinski definition) is 4. The molecule has 1 atom stereocenters. The van der Waals surface area contributed by atoms with Crippen molar-refractivity contribution >= 4 is 11.4 Å². The van der Waals surface area contributed by atoms with Gasteiger partial charge in [0.15, 0.2) is 5.69 Å². The number of nitrogens with one attached hydrogen (secondary N) is 1. The van der Waals surface area contributed by atoms with Crippen molar-refractivity contribution in [1.82, 2.24) is 14.7 Å². The molecular formula is C19H21N3O3. The number of carbonyl (C=O) groups excluding carboxylic acids is 1. The Labute approximate surface area is 146 Å². The number of aliphatic hydroxyl groups excluding tert-OH is 1. The van der Waals surface area contributed by atoms with Crippen LogP contribution in [0.25, 0.3) is 5.52 Å². The molecule has 3 aromatic rings. The summed E-state index contributed by atoms with van der Waals surface area (Å²) in [6, 6.07) is 15.3. The quantitative estimate of drug-likeness (QED) is 0.690. The second kappa shape index (κ2) is 7.92. The standard InChI is InChI=1S/C19H21N3O3/c1-14-21-18(17-9-5-6-10-22(14)17)19(24)20-11-16(23)13-25-12-15-7-3-2-4-8-15/h2-10,16,23H,11-13H2,1H3,(H,20,24)/t16-/m0/s1. The Balaban J connectivity index is 1.49. The van der Waals surface area contributed by atoms with Gasteiger partial charge in [-0.15, -0.1) is 0 Å². The fourth-order valence-corrected chi connectivity index (χ4v) is 2.60. The highest BCUT2D eigenvalue weighted by molar-refractivity contribution is 5.99. The van der Waals surface area contributed by atoms with Gasteiger partial charge >= 0.3 is 0 Å². The molecule has 0 aliphatic heterocycles. The van der Waals surface area contributed by atoms with Crippen molar-refractivity contribution in [3.8, 4) is 0 Å². The van der Waals surface area contributed by atoms with Crippen molar-refractivity contribution in [2.75, 3.05) is 13.2 Å². The number of hydrogen-bond donors (Lipinski definition) is 2. The molecule has 0 saturated heterocycles. The number of imidazole rings is 1. The minimum atomic E-state index is -0.775. The smallest absolute Gasteiger partial charge is 0.272 e. The SMILES string of the molecule is Cc1nc(C(=O)NC[C@H](O)COCc2ccccc2)c2ccccn12. The third kappa shape index (κ3) is 4.23. The molecule has 0 saturated carbocycles. The van der Waals surface area contributed by atoms with Gasteiger partial charge in [-0.25, -0.2) is 4.98 Å². The van der Waals surface area contributed by atoms with Gasteiger partial charge in [0.25, 0.3) is 5.91 Å². The van der Waals surface area contributed by atoms with Gasteiger partial charge in [0, 0.05) is 12.7 Å². The Hall–Kier alpha value is -2.70. The van der Waals surface area contributed by atoms with E-state index in [0.717, 1.165) is 16.9 Å². The van der Waals surface area contributed by atoms with E-state index in [0.29, 0.717) is 12.3 Å². The van der Waals surface area contributed by atoms with E-state index in [2.05, 4.69) is 10.3 Å². The highest BCUT2D eigenvalue weighted by Gasteiger charge is 2.16. The van der Waals surface area contributed by atoms with Crippen molar-refractivity contribution in [3.05, 3.63) is 71.8 Å². The van der Waals surface area contributed by atoms with Crippen LogP contribution in [0.5, 0.6) is 0 Å². The first-order chi connectivity index (χ1) is 12.1. The van der Waals surface area contributed by atoms with Crippen LogP contribution in [0, 0.1) is 6.92 Å². The molecule has 1 aromatic carbocycles. The van der Waals surface area contributed by atoms with Gasteiger partial charge in [0.1, 0.15) is 5.82 Å². The third-order valence-electron chi connectivity index (χ3n) is 3.86. The molecule has 2 N–H and O–H groups in total. The van der Waals surface area contributed by atoms with Crippen LogP contribution in [0.1, 0.15) is 21.9 Å². The van der Waals surface area contributed by atoms with Crippen LogP contribution < -0.4 is 5.32 Å². The Kier molecular flexibility index (Phi) is 5.42. The molecule has 25 heavy (non-hydrogen) atoms. The van der Waals surface area contributed by atoms with Crippen LogP contribution in [0.15, 0.2) is 54.7 Å². The van der Waals surface area contributed by atoms with E-state index in [-0.39, 0.29) is 19.1 Å². The van der Waals surface area contributed by atoms with Crippen LogP contribution >= 0.6 is 0 Å². The van der Waals surface area contributed by atoms with Crippen molar-refractivity contribution in [1.29, 1.82) is 0 Å². The first kappa shape index (κ1) is 17.1. The fraction of sp³-hybridized carbons (Fsp3) is 0.263. The number of fused-ring (bicyclic) bond motifs is 1. The average molecular weight is 339 g/mol. The van der Waals surface area contributed by atoms with Crippen LogP contribution in [-0.4, -0.2) is 39.7 Å². The number of aromatic nitrogens is 2. The largest absolute Gasteiger partial charge is 0.389 e. The first-order valence-electron chi connectivity index (χ1n) is 8.17. The monoisotopic (exact) mass is 339 g/mol. The van der Waals surface area contributed by atoms with Gasteiger partial charge in [-0.2, -0.15) is 0 Å². The highest BCUT2D eigenvalue weighted by atomic mass is 16.5.